The fourth-order valence-corrected chi connectivity index (χ4v) is 1.10. The van der Waals surface area contributed by atoms with E-state index in [1.54, 1.807) is 18.2 Å². The summed E-state index contributed by atoms with van der Waals surface area (Å²) in [7, 11) is 0. The molecule has 0 aliphatic rings. The van der Waals surface area contributed by atoms with Crippen LogP contribution in [0, 0.1) is 0 Å². The molecule has 1 rings (SSSR count). The van der Waals surface area contributed by atoms with Crippen LogP contribution in [0.4, 0.5) is 0 Å². The number of rotatable bonds is 4. The lowest BCUT2D eigenvalue weighted by atomic mass is 10.2. The normalized spacial score (nSPS) is 9.67. The molecule has 0 atom stereocenters. The SMILES string of the molecule is CCCC(=O)Oc1cccc(C(N)=O)c1. The number of esters is 1. The van der Waals surface area contributed by atoms with Gasteiger partial charge >= 0.3 is 5.97 Å². The molecule has 0 saturated heterocycles. The number of hydrogen-bond donors (Lipinski definition) is 1. The second-order valence-corrected chi connectivity index (χ2v) is 3.12. The molecular weight excluding hydrogens is 194 g/mol. The Morgan fingerprint density at radius 1 is 1.40 bits per heavy atom. The molecule has 0 bridgehead atoms. The van der Waals surface area contributed by atoms with E-state index in [0.29, 0.717) is 17.7 Å². The molecule has 0 unspecified atom stereocenters. The quantitative estimate of drug-likeness (QED) is 0.600. The number of carbonyl (C=O) groups excluding carboxylic acids is 2. The minimum Gasteiger partial charge on any atom is -0.427 e. The zero-order chi connectivity index (χ0) is 11.3. The number of ether oxygens (including phenoxy) is 1. The number of carbonyl (C=O) groups is 2. The standard InChI is InChI=1S/C11H13NO3/c1-2-4-10(13)15-9-6-3-5-8(7-9)11(12)14/h3,5-7H,2,4H2,1H3,(H2,12,14). The van der Waals surface area contributed by atoms with Crippen LogP contribution in [0.3, 0.4) is 0 Å². The van der Waals surface area contributed by atoms with Crippen molar-refractivity contribution in [1.29, 1.82) is 0 Å². The smallest absolute Gasteiger partial charge is 0.311 e. The molecule has 2 N–H and O–H groups in total. The summed E-state index contributed by atoms with van der Waals surface area (Å²) in [4.78, 5) is 22.0. The van der Waals surface area contributed by atoms with Crippen molar-refractivity contribution in [2.75, 3.05) is 0 Å². The fourth-order valence-electron chi connectivity index (χ4n) is 1.10. The van der Waals surface area contributed by atoms with E-state index in [1.165, 1.54) is 6.07 Å². The van der Waals surface area contributed by atoms with Crippen molar-refractivity contribution < 1.29 is 14.3 Å². The van der Waals surface area contributed by atoms with Crippen molar-refractivity contribution >= 4 is 11.9 Å². The van der Waals surface area contributed by atoms with Gasteiger partial charge in [-0.05, 0) is 24.6 Å². The van der Waals surface area contributed by atoms with Crippen LogP contribution in [-0.4, -0.2) is 11.9 Å². The van der Waals surface area contributed by atoms with Crippen LogP contribution in [0.15, 0.2) is 24.3 Å². The molecule has 0 aliphatic carbocycles. The Morgan fingerprint density at radius 3 is 2.73 bits per heavy atom. The van der Waals surface area contributed by atoms with Crippen molar-refractivity contribution in [3.05, 3.63) is 29.8 Å². The average Bonchev–Trinajstić information content (AvgIpc) is 2.18. The highest BCUT2D eigenvalue weighted by atomic mass is 16.5. The molecule has 4 heteroatoms. The summed E-state index contributed by atoms with van der Waals surface area (Å²) < 4.78 is 5.00. The van der Waals surface area contributed by atoms with Crippen LogP contribution in [0.5, 0.6) is 5.75 Å². The minimum atomic E-state index is -0.539. The van der Waals surface area contributed by atoms with E-state index in [9.17, 15) is 9.59 Å². The lowest BCUT2D eigenvalue weighted by Gasteiger charge is -2.03. The van der Waals surface area contributed by atoms with Gasteiger partial charge in [-0.2, -0.15) is 0 Å². The second kappa shape index (κ2) is 5.14. The molecule has 0 heterocycles. The first kappa shape index (κ1) is 11.2. The van der Waals surface area contributed by atoms with Crippen molar-refractivity contribution in [2.45, 2.75) is 19.8 Å². The summed E-state index contributed by atoms with van der Waals surface area (Å²) in [6.07, 6.45) is 1.09. The van der Waals surface area contributed by atoms with E-state index in [0.717, 1.165) is 6.42 Å². The molecule has 0 aliphatic heterocycles. The Bertz CT molecular complexity index is 374. The number of amides is 1. The first-order valence-corrected chi connectivity index (χ1v) is 4.74. The molecule has 4 nitrogen and oxygen atoms in total. The van der Waals surface area contributed by atoms with Gasteiger partial charge in [0.05, 0.1) is 0 Å². The van der Waals surface area contributed by atoms with Crippen LogP contribution in [0.25, 0.3) is 0 Å². The molecule has 0 aromatic heterocycles. The van der Waals surface area contributed by atoms with Crippen LogP contribution in [0.1, 0.15) is 30.1 Å². The second-order valence-electron chi connectivity index (χ2n) is 3.12. The number of hydrogen-bond acceptors (Lipinski definition) is 3. The summed E-state index contributed by atoms with van der Waals surface area (Å²) in [5.74, 6) is -0.493. The third-order valence-electron chi connectivity index (χ3n) is 1.80. The van der Waals surface area contributed by atoms with E-state index in [-0.39, 0.29) is 5.97 Å². The zero-order valence-corrected chi connectivity index (χ0v) is 8.53. The lowest BCUT2D eigenvalue weighted by Crippen LogP contribution is -2.12. The van der Waals surface area contributed by atoms with Crippen molar-refractivity contribution in [3.63, 3.8) is 0 Å². The maximum atomic E-state index is 11.2. The minimum absolute atomic E-state index is 0.306. The number of primary amides is 1. The molecule has 1 aromatic carbocycles. The number of benzene rings is 1. The molecule has 15 heavy (non-hydrogen) atoms. The maximum Gasteiger partial charge on any atom is 0.311 e. The maximum absolute atomic E-state index is 11.2. The van der Waals surface area contributed by atoms with E-state index >= 15 is 0 Å². The van der Waals surface area contributed by atoms with Gasteiger partial charge in [-0.3, -0.25) is 9.59 Å². The van der Waals surface area contributed by atoms with Gasteiger partial charge in [-0.25, -0.2) is 0 Å². The molecule has 0 fully saturated rings. The summed E-state index contributed by atoms with van der Waals surface area (Å²) in [6.45, 7) is 1.89. The Kier molecular flexibility index (Phi) is 3.85. The molecule has 0 saturated carbocycles. The Hall–Kier alpha value is -1.84. The van der Waals surface area contributed by atoms with Crippen LogP contribution < -0.4 is 10.5 Å². The molecule has 0 spiro atoms. The van der Waals surface area contributed by atoms with Gasteiger partial charge < -0.3 is 10.5 Å². The largest absolute Gasteiger partial charge is 0.427 e. The number of nitrogens with two attached hydrogens (primary N) is 1. The molecule has 1 amide bonds. The van der Waals surface area contributed by atoms with Gasteiger partial charge in [0, 0.05) is 12.0 Å². The third-order valence-corrected chi connectivity index (χ3v) is 1.80. The van der Waals surface area contributed by atoms with Crippen LogP contribution >= 0.6 is 0 Å². The van der Waals surface area contributed by atoms with Crippen molar-refractivity contribution in [1.82, 2.24) is 0 Å². The Labute approximate surface area is 88.0 Å². The Balaban J connectivity index is 2.73. The molecule has 0 radical (unpaired) electrons. The van der Waals surface area contributed by atoms with E-state index in [4.69, 9.17) is 10.5 Å². The van der Waals surface area contributed by atoms with Gasteiger partial charge in [0.2, 0.25) is 5.91 Å². The van der Waals surface area contributed by atoms with Gasteiger partial charge in [0.1, 0.15) is 5.75 Å². The first-order chi connectivity index (χ1) is 7.13. The van der Waals surface area contributed by atoms with E-state index in [1.807, 2.05) is 6.92 Å². The first-order valence-electron chi connectivity index (χ1n) is 4.74. The third kappa shape index (κ3) is 3.42. The van der Waals surface area contributed by atoms with Crippen molar-refractivity contribution in [3.8, 4) is 5.75 Å². The lowest BCUT2D eigenvalue weighted by molar-refractivity contribution is -0.134. The molecule has 80 valence electrons. The van der Waals surface area contributed by atoms with Gasteiger partial charge in [-0.15, -0.1) is 0 Å². The topological polar surface area (TPSA) is 69.4 Å². The fraction of sp³-hybridized carbons (Fsp3) is 0.273. The molecular formula is C11H13NO3. The highest BCUT2D eigenvalue weighted by Crippen LogP contribution is 2.13. The average molecular weight is 207 g/mol. The predicted molar refractivity (Wildman–Crippen MR) is 55.5 cm³/mol. The van der Waals surface area contributed by atoms with Crippen LogP contribution in [-0.2, 0) is 4.79 Å². The van der Waals surface area contributed by atoms with E-state index < -0.39 is 5.91 Å². The van der Waals surface area contributed by atoms with Gasteiger partial charge in [-0.1, -0.05) is 13.0 Å². The van der Waals surface area contributed by atoms with Gasteiger partial charge in [0.25, 0.3) is 0 Å². The highest BCUT2D eigenvalue weighted by molar-refractivity contribution is 5.93. The van der Waals surface area contributed by atoms with Crippen molar-refractivity contribution in [2.24, 2.45) is 5.73 Å². The highest BCUT2D eigenvalue weighted by Gasteiger charge is 2.05. The summed E-state index contributed by atoms with van der Waals surface area (Å²) in [5.41, 5.74) is 5.42. The summed E-state index contributed by atoms with van der Waals surface area (Å²) in [5, 5.41) is 0. The Morgan fingerprint density at radius 2 is 2.13 bits per heavy atom. The monoisotopic (exact) mass is 207 g/mol. The predicted octanol–water partition coefficient (Wildman–Crippen LogP) is 1.49. The van der Waals surface area contributed by atoms with E-state index in [2.05, 4.69) is 0 Å². The summed E-state index contributed by atoms with van der Waals surface area (Å²) >= 11 is 0. The summed E-state index contributed by atoms with van der Waals surface area (Å²) in [6, 6.07) is 6.25. The van der Waals surface area contributed by atoms with Crippen LogP contribution in [0.2, 0.25) is 0 Å². The zero-order valence-electron chi connectivity index (χ0n) is 8.53. The van der Waals surface area contributed by atoms with Gasteiger partial charge in [0.15, 0.2) is 0 Å². The molecule has 1 aromatic rings.